The lowest BCUT2D eigenvalue weighted by Crippen LogP contribution is -2.22. The highest BCUT2D eigenvalue weighted by Crippen LogP contribution is 2.30. The molecule has 0 fully saturated rings. The van der Waals surface area contributed by atoms with Crippen molar-refractivity contribution in [3.05, 3.63) is 22.7 Å². The van der Waals surface area contributed by atoms with Crippen molar-refractivity contribution in [2.45, 2.75) is 19.1 Å². The average Bonchev–Trinajstić information content (AvgIpc) is 2.36. The van der Waals surface area contributed by atoms with Crippen molar-refractivity contribution in [3.8, 4) is 0 Å². The Kier molecular flexibility index (Phi) is 6.29. The van der Waals surface area contributed by atoms with Crippen molar-refractivity contribution < 1.29 is 13.7 Å². The normalized spacial score (nSPS) is 13.6. The number of hydrogen-bond donors (Lipinski definition) is 2. The Labute approximate surface area is 126 Å². The number of carbonyl (C=O) groups is 1. The zero-order chi connectivity index (χ0) is 15.3. The van der Waals surface area contributed by atoms with Crippen molar-refractivity contribution in [1.82, 2.24) is 0 Å². The third kappa shape index (κ3) is 4.38. The predicted molar refractivity (Wildman–Crippen MR) is 83.8 cm³/mol. The molecule has 1 aromatic rings. The minimum absolute atomic E-state index is 0.0707. The van der Waals surface area contributed by atoms with Crippen LogP contribution in [-0.4, -0.2) is 34.8 Å². The van der Waals surface area contributed by atoms with Gasteiger partial charge in [-0.2, -0.15) is 0 Å². The molecule has 1 aromatic carbocycles. The fraction of sp³-hybridized carbons (Fsp3) is 0.462. The molecule has 1 rings (SSSR count). The van der Waals surface area contributed by atoms with Gasteiger partial charge in [-0.25, -0.2) is 4.79 Å². The van der Waals surface area contributed by atoms with Crippen molar-refractivity contribution >= 4 is 39.7 Å². The number of anilines is 2. The van der Waals surface area contributed by atoms with Gasteiger partial charge in [-0.1, -0.05) is 11.6 Å². The van der Waals surface area contributed by atoms with Gasteiger partial charge >= 0.3 is 5.97 Å². The largest absolute Gasteiger partial charge is 0.462 e. The van der Waals surface area contributed by atoms with E-state index in [0.29, 0.717) is 22.9 Å². The van der Waals surface area contributed by atoms with E-state index in [1.54, 1.807) is 19.2 Å². The maximum Gasteiger partial charge on any atom is 0.340 e. The molecule has 3 N–H and O–H groups in total. The van der Waals surface area contributed by atoms with Crippen LogP contribution in [0.1, 0.15) is 24.2 Å². The summed E-state index contributed by atoms with van der Waals surface area (Å²) in [5.74, 6) is -0.491. The van der Waals surface area contributed by atoms with E-state index < -0.39 is 16.8 Å². The summed E-state index contributed by atoms with van der Waals surface area (Å²) in [5.41, 5.74) is 6.82. The number of hydrogen-bond acceptors (Lipinski definition) is 5. The van der Waals surface area contributed by atoms with Gasteiger partial charge in [0.1, 0.15) is 0 Å². The van der Waals surface area contributed by atoms with Gasteiger partial charge < -0.3 is 15.8 Å². The highest BCUT2D eigenvalue weighted by atomic mass is 35.5. The zero-order valence-corrected chi connectivity index (χ0v) is 13.3. The van der Waals surface area contributed by atoms with E-state index in [1.807, 2.05) is 6.92 Å². The molecule has 0 saturated carbocycles. The van der Waals surface area contributed by atoms with E-state index in [4.69, 9.17) is 22.1 Å². The Morgan fingerprint density at radius 2 is 2.20 bits per heavy atom. The number of benzene rings is 1. The fourth-order valence-electron chi connectivity index (χ4n) is 1.54. The summed E-state index contributed by atoms with van der Waals surface area (Å²) in [6.07, 6.45) is 1.63. The van der Waals surface area contributed by atoms with Gasteiger partial charge in [-0.3, -0.25) is 4.21 Å². The van der Waals surface area contributed by atoms with Gasteiger partial charge in [0.15, 0.2) is 0 Å². The fourth-order valence-corrected chi connectivity index (χ4v) is 2.15. The quantitative estimate of drug-likeness (QED) is 0.621. The lowest BCUT2D eigenvalue weighted by molar-refractivity contribution is 0.0527. The van der Waals surface area contributed by atoms with E-state index >= 15 is 0 Å². The van der Waals surface area contributed by atoms with Crippen molar-refractivity contribution in [2.75, 3.05) is 30.5 Å². The number of nitrogens with one attached hydrogen (secondary N) is 1. The van der Waals surface area contributed by atoms with E-state index in [-0.39, 0.29) is 17.4 Å². The molecule has 5 nitrogen and oxygen atoms in total. The first kappa shape index (κ1) is 16.8. The highest BCUT2D eigenvalue weighted by Gasteiger charge is 2.17. The maximum atomic E-state index is 11.9. The molecular formula is C13H19ClN2O3S. The van der Waals surface area contributed by atoms with Crippen LogP contribution < -0.4 is 11.1 Å². The SMILES string of the molecule is CCOC(=O)c1cc(N)cc(Cl)c1NCC(C)S(C)=O. The number of rotatable bonds is 6. The molecule has 0 aliphatic rings. The van der Waals surface area contributed by atoms with Gasteiger partial charge in [0.25, 0.3) is 0 Å². The Morgan fingerprint density at radius 3 is 2.75 bits per heavy atom. The molecule has 7 heteroatoms. The Morgan fingerprint density at radius 1 is 1.55 bits per heavy atom. The van der Waals surface area contributed by atoms with Crippen molar-refractivity contribution in [3.63, 3.8) is 0 Å². The summed E-state index contributed by atoms with van der Waals surface area (Å²) < 4.78 is 16.3. The van der Waals surface area contributed by atoms with Crippen LogP contribution in [0.4, 0.5) is 11.4 Å². The molecule has 0 aliphatic heterocycles. The summed E-state index contributed by atoms with van der Waals surface area (Å²) in [5, 5.41) is 3.31. The van der Waals surface area contributed by atoms with Gasteiger partial charge in [0.05, 0.1) is 22.9 Å². The molecule has 0 amide bonds. The molecule has 0 radical (unpaired) electrons. The molecule has 0 bridgehead atoms. The zero-order valence-electron chi connectivity index (χ0n) is 11.7. The Bertz CT molecular complexity index is 523. The Hall–Kier alpha value is -1.27. The number of carbonyl (C=O) groups excluding carboxylic acids is 1. The first-order valence-corrected chi connectivity index (χ1v) is 8.19. The molecule has 0 spiro atoms. The number of nitrogen functional groups attached to an aromatic ring is 1. The molecule has 112 valence electrons. The first-order valence-electron chi connectivity index (χ1n) is 6.19. The van der Waals surface area contributed by atoms with Gasteiger partial charge in [-0.05, 0) is 26.0 Å². The molecule has 0 aromatic heterocycles. The molecule has 20 heavy (non-hydrogen) atoms. The van der Waals surface area contributed by atoms with Gasteiger partial charge in [0.2, 0.25) is 0 Å². The minimum atomic E-state index is -0.962. The van der Waals surface area contributed by atoms with Crippen LogP contribution in [0.2, 0.25) is 5.02 Å². The van der Waals surface area contributed by atoms with Crippen molar-refractivity contribution in [1.29, 1.82) is 0 Å². The molecule has 0 saturated heterocycles. The predicted octanol–water partition coefficient (Wildman–Crippen LogP) is 2.28. The number of esters is 1. The topological polar surface area (TPSA) is 81.4 Å². The summed E-state index contributed by atoms with van der Waals surface area (Å²) in [6.45, 7) is 4.26. The van der Waals surface area contributed by atoms with Crippen LogP contribution in [0, 0.1) is 0 Å². The third-order valence-electron chi connectivity index (χ3n) is 2.74. The highest BCUT2D eigenvalue weighted by molar-refractivity contribution is 7.84. The van der Waals surface area contributed by atoms with Crippen LogP contribution in [0.25, 0.3) is 0 Å². The average molecular weight is 319 g/mol. The molecule has 2 unspecified atom stereocenters. The minimum Gasteiger partial charge on any atom is -0.462 e. The second-order valence-electron chi connectivity index (χ2n) is 4.34. The van der Waals surface area contributed by atoms with Gasteiger partial charge in [0, 0.05) is 34.5 Å². The Balaban J connectivity index is 3.04. The first-order chi connectivity index (χ1) is 9.36. The van der Waals surface area contributed by atoms with Crippen LogP contribution in [-0.2, 0) is 15.5 Å². The maximum absolute atomic E-state index is 11.9. The third-order valence-corrected chi connectivity index (χ3v) is 4.34. The van der Waals surface area contributed by atoms with E-state index in [0.717, 1.165) is 0 Å². The molecule has 2 atom stereocenters. The van der Waals surface area contributed by atoms with Crippen LogP contribution in [0.15, 0.2) is 12.1 Å². The van der Waals surface area contributed by atoms with Crippen LogP contribution >= 0.6 is 11.6 Å². The number of nitrogens with two attached hydrogens (primary N) is 1. The monoisotopic (exact) mass is 318 g/mol. The summed E-state index contributed by atoms with van der Waals surface area (Å²) in [7, 11) is -0.962. The van der Waals surface area contributed by atoms with Crippen molar-refractivity contribution in [2.24, 2.45) is 0 Å². The summed E-state index contributed by atoms with van der Waals surface area (Å²) in [6, 6.07) is 3.07. The lowest BCUT2D eigenvalue weighted by Gasteiger charge is -2.16. The number of ether oxygens (including phenoxy) is 1. The summed E-state index contributed by atoms with van der Waals surface area (Å²) >= 11 is 6.12. The molecular weight excluding hydrogens is 300 g/mol. The van der Waals surface area contributed by atoms with E-state index in [2.05, 4.69) is 5.32 Å². The smallest absolute Gasteiger partial charge is 0.340 e. The standard InChI is InChI=1S/C13H19ClN2O3S/c1-4-19-13(17)10-5-9(15)6-11(14)12(10)16-7-8(2)20(3)18/h5-6,8,16H,4,7,15H2,1-3H3. The molecule has 0 aliphatic carbocycles. The second kappa shape index (κ2) is 7.50. The second-order valence-corrected chi connectivity index (χ2v) is 6.54. The van der Waals surface area contributed by atoms with E-state index in [1.165, 1.54) is 6.07 Å². The van der Waals surface area contributed by atoms with E-state index in [9.17, 15) is 9.00 Å². The number of halogens is 1. The van der Waals surface area contributed by atoms with Crippen LogP contribution in [0.5, 0.6) is 0 Å². The van der Waals surface area contributed by atoms with Crippen LogP contribution in [0.3, 0.4) is 0 Å². The van der Waals surface area contributed by atoms with Gasteiger partial charge in [-0.15, -0.1) is 0 Å². The molecule has 0 heterocycles. The lowest BCUT2D eigenvalue weighted by atomic mass is 10.1. The summed E-state index contributed by atoms with van der Waals surface area (Å²) in [4.78, 5) is 11.9.